The number of carbonyl (C=O) groups is 2. The average molecular weight is 244 g/mol. The Kier molecular flexibility index (Phi) is 4.11. The zero-order chi connectivity index (χ0) is 13.0. The number of benzene rings is 1. The number of carboxylic acid groups (broad SMARTS) is 1. The van der Waals surface area contributed by atoms with Gasteiger partial charge in [0.05, 0.1) is 12.5 Å². The fourth-order valence-corrected chi connectivity index (χ4v) is 1.09. The van der Waals surface area contributed by atoms with Crippen LogP contribution in [0.15, 0.2) is 18.2 Å². The molecule has 17 heavy (non-hydrogen) atoms. The minimum absolute atomic E-state index is 0.00902. The summed E-state index contributed by atoms with van der Waals surface area (Å²) in [4.78, 5) is 21.6. The largest absolute Gasteiger partial charge is 0.481 e. The maximum Gasteiger partial charge on any atom is 0.305 e. The number of aliphatic carboxylic acids is 1. The van der Waals surface area contributed by atoms with E-state index in [4.69, 9.17) is 10.8 Å². The van der Waals surface area contributed by atoms with Gasteiger partial charge < -0.3 is 16.2 Å². The molecule has 1 amide bonds. The van der Waals surface area contributed by atoms with Gasteiger partial charge in [-0.15, -0.1) is 0 Å². The molecule has 1 unspecified atom stereocenters. The molecule has 0 aromatic heterocycles. The Hall–Kier alpha value is -2.02. The highest BCUT2D eigenvalue weighted by molar-refractivity contribution is 5.96. The first-order chi connectivity index (χ1) is 7.90. The molecule has 7 heteroatoms. The Morgan fingerprint density at radius 2 is 2.00 bits per heavy atom. The second kappa shape index (κ2) is 5.35. The molecule has 0 fully saturated rings. The molecule has 1 aromatic rings. The van der Waals surface area contributed by atoms with Crippen molar-refractivity contribution in [3.05, 3.63) is 29.8 Å². The van der Waals surface area contributed by atoms with Gasteiger partial charge in [-0.25, -0.2) is 8.78 Å². The number of carboxylic acids is 1. The monoisotopic (exact) mass is 244 g/mol. The van der Waals surface area contributed by atoms with E-state index in [-0.39, 0.29) is 5.69 Å². The lowest BCUT2D eigenvalue weighted by molar-refractivity contribution is -0.138. The van der Waals surface area contributed by atoms with Gasteiger partial charge in [-0.2, -0.15) is 0 Å². The molecule has 0 saturated carbocycles. The van der Waals surface area contributed by atoms with E-state index in [9.17, 15) is 18.4 Å². The Balaban J connectivity index is 2.67. The standard InChI is InChI=1S/C10H10F2N2O3/c11-6-2-1-5(3-7(6)12)14-10(17)8(13)4-9(15)16/h1-3,8H,4,13H2,(H,14,17)(H,15,16). The van der Waals surface area contributed by atoms with E-state index in [2.05, 4.69) is 5.32 Å². The number of hydrogen-bond donors (Lipinski definition) is 3. The lowest BCUT2D eigenvalue weighted by Crippen LogP contribution is -2.37. The maximum atomic E-state index is 12.8. The molecule has 5 nitrogen and oxygen atoms in total. The van der Waals surface area contributed by atoms with Crippen molar-refractivity contribution in [2.75, 3.05) is 5.32 Å². The summed E-state index contributed by atoms with van der Waals surface area (Å²) in [6, 6.07) is 1.51. The second-order valence-corrected chi connectivity index (χ2v) is 3.32. The summed E-state index contributed by atoms with van der Waals surface area (Å²) in [5, 5.41) is 10.6. The number of hydrogen-bond acceptors (Lipinski definition) is 3. The number of anilines is 1. The first-order valence-corrected chi connectivity index (χ1v) is 4.63. The molecule has 0 radical (unpaired) electrons. The predicted molar refractivity (Wildman–Crippen MR) is 55.2 cm³/mol. The van der Waals surface area contributed by atoms with Crippen molar-refractivity contribution in [2.45, 2.75) is 12.5 Å². The molecule has 0 spiro atoms. The van der Waals surface area contributed by atoms with Gasteiger partial charge in [0.2, 0.25) is 5.91 Å². The van der Waals surface area contributed by atoms with Crippen molar-refractivity contribution in [3.8, 4) is 0 Å². The van der Waals surface area contributed by atoms with Gasteiger partial charge in [-0.05, 0) is 12.1 Å². The van der Waals surface area contributed by atoms with E-state index >= 15 is 0 Å². The lowest BCUT2D eigenvalue weighted by Gasteiger charge is -2.10. The number of nitrogens with two attached hydrogens (primary N) is 1. The van der Waals surface area contributed by atoms with Crippen molar-refractivity contribution in [1.29, 1.82) is 0 Å². The SMILES string of the molecule is NC(CC(=O)O)C(=O)Nc1ccc(F)c(F)c1. The topological polar surface area (TPSA) is 92.4 Å². The van der Waals surface area contributed by atoms with Crippen LogP contribution >= 0.6 is 0 Å². The third-order valence-electron chi connectivity index (χ3n) is 1.92. The smallest absolute Gasteiger partial charge is 0.305 e. The molecular formula is C10H10F2N2O3. The van der Waals surface area contributed by atoms with Gasteiger partial charge >= 0.3 is 5.97 Å². The highest BCUT2D eigenvalue weighted by Crippen LogP contribution is 2.13. The average Bonchev–Trinajstić information content (AvgIpc) is 2.22. The molecule has 0 saturated heterocycles. The van der Waals surface area contributed by atoms with Crippen LogP contribution in [0.25, 0.3) is 0 Å². The molecule has 0 bridgehead atoms. The van der Waals surface area contributed by atoms with E-state index < -0.39 is 36.0 Å². The number of nitrogens with one attached hydrogen (secondary N) is 1. The zero-order valence-corrected chi connectivity index (χ0v) is 8.61. The van der Waals surface area contributed by atoms with Gasteiger partial charge in [-0.1, -0.05) is 0 Å². The van der Waals surface area contributed by atoms with Crippen LogP contribution in [0.5, 0.6) is 0 Å². The van der Waals surface area contributed by atoms with Gasteiger partial charge in [0, 0.05) is 11.8 Å². The second-order valence-electron chi connectivity index (χ2n) is 3.32. The molecule has 1 aromatic carbocycles. The number of carbonyl (C=O) groups excluding carboxylic acids is 1. The van der Waals surface area contributed by atoms with E-state index in [1.165, 1.54) is 0 Å². The molecule has 0 aliphatic heterocycles. The minimum atomic E-state index is -1.25. The molecule has 0 heterocycles. The quantitative estimate of drug-likeness (QED) is 0.727. The summed E-state index contributed by atoms with van der Waals surface area (Å²) in [7, 11) is 0. The molecule has 0 aliphatic carbocycles. The minimum Gasteiger partial charge on any atom is -0.481 e. The summed E-state index contributed by atoms with van der Waals surface area (Å²) in [6.45, 7) is 0. The summed E-state index contributed by atoms with van der Waals surface area (Å²) in [5.74, 6) is -4.16. The highest BCUT2D eigenvalue weighted by Gasteiger charge is 2.17. The maximum absolute atomic E-state index is 12.8. The van der Waals surface area contributed by atoms with Gasteiger partial charge in [-0.3, -0.25) is 9.59 Å². The fraction of sp³-hybridized carbons (Fsp3) is 0.200. The van der Waals surface area contributed by atoms with Gasteiger partial charge in [0.25, 0.3) is 0 Å². The number of halogens is 2. The van der Waals surface area contributed by atoms with Crippen LogP contribution in [-0.2, 0) is 9.59 Å². The zero-order valence-electron chi connectivity index (χ0n) is 8.61. The third kappa shape index (κ3) is 3.80. The molecule has 1 rings (SSSR count). The number of rotatable bonds is 4. The van der Waals surface area contributed by atoms with E-state index in [1.54, 1.807) is 0 Å². The van der Waals surface area contributed by atoms with Crippen molar-refractivity contribution in [1.82, 2.24) is 0 Å². The normalized spacial score (nSPS) is 11.9. The fourth-order valence-electron chi connectivity index (χ4n) is 1.09. The van der Waals surface area contributed by atoms with Crippen LogP contribution in [0.3, 0.4) is 0 Å². The van der Waals surface area contributed by atoms with Crippen LogP contribution < -0.4 is 11.1 Å². The van der Waals surface area contributed by atoms with Crippen LogP contribution in [0.4, 0.5) is 14.5 Å². The lowest BCUT2D eigenvalue weighted by atomic mass is 10.2. The first kappa shape index (κ1) is 13.0. The molecule has 0 aliphatic rings. The summed E-state index contributed by atoms with van der Waals surface area (Å²) in [5.41, 5.74) is 5.28. The van der Waals surface area contributed by atoms with E-state index in [0.717, 1.165) is 18.2 Å². The van der Waals surface area contributed by atoms with E-state index in [1.807, 2.05) is 0 Å². The predicted octanol–water partition coefficient (Wildman–Crippen LogP) is 0.705. The van der Waals surface area contributed by atoms with Gasteiger partial charge in [0.1, 0.15) is 0 Å². The summed E-state index contributed by atoms with van der Waals surface area (Å²) >= 11 is 0. The number of amides is 1. The Labute approximate surface area is 95.2 Å². The van der Waals surface area contributed by atoms with Crippen molar-refractivity contribution >= 4 is 17.6 Å². The van der Waals surface area contributed by atoms with Crippen molar-refractivity contribution < 1.29 is 23.5 Å². The Morgan fingerprint density at radius 1 is 1.35 bits per heavy atom. The van der Waals surface area contributed by atoms with Crippen LogP contribution in [0.1, 0.15) is 6.42 Å². The van der Waals surface area contributed by atoms with Crippen LogP contribution in [0.2, 0.25) is 0 Å². The van der Waals surface area contributed by atoms with Crippen LogP contribution in [-0.4, -0.2) is 23.0 Å². The highest BCUT2D eigenvalue weighted by atomic mass is 19.2. The molecule has 4 N–H and O–H groups in total. The molecular weight excluding hydrogens is 234 g/mol. The van der Waals surface area contributed by atoms with E-state index in [0.29, 0.717) is 0 Å². The first-order valence-electron chi connectivity index (χ1n) is 4.63. The Bertz CT molecular complexity index is 451. The van der Waals surface area contributed by atoms with Crippen molar-refractivity contribution in [3.63, 3.8) is 0 Å². The molecule has 92 valence electrons. The third-order valence-corrected chi connectivity index (χ3v) is 1.92. The summed E-state index contributed by atoms with van der Waals surface area (Å²) < 4.78 is 25.4. The Morgan fingerprint density at radius 3 is 2.53 bits per heavy atom. The summed E-state index contributed by atoms with van der Waals surface area (Å²) in [6.07, 6.45) is -0.546. The van der Waals surface area contributed by atoms with Crippen LogP contribution in [0, 0.1) is 11.6 Å². The van der Waals surface area contributed by atoms with Gasteiger partial charge in [0.15, 0.2) is 11.6 Å². The van der Waals surface area contributed by atoms with Crippen molar-refractivity contribution in [2.24, 2.45) is 5.73 Å². The molecule has 1 atom stereocenters.